The van der Waals surface area contributed by atoms with E-state index in [4.69, 9.17) is 5.11 Å². The van der Waals surface area contributed by atoms with Crippen LogP contribution in [0.2, 0.25) is 0 Å². The molecule has 0 aromatic carbocycles. The smallest absolute Gasteiger partial charge is 0.311 e. The van der Waals surface area contributed by atoms with Gasteiger partial charge in [0.2, 0.25) is 5.82 Å². The minimum atomic E-state index is -0.835. The fourth-order valence-corrected chi connectivity index (χ4v) is 2.36. The Hall–Kier alpha value is -2.18. The summed E-state index contributed by atoms with van der Waals surface area (Å²) < 4.78 is 0. The highest BCUT2D eigenvalue weighted by Crippen LogP contribution is 2.31. The SMILES string of the molecule is Cc1cnc(N2CCC(CC(=O)O)C2)c([N+](=O)[O-])c1. The van der Waals surface area contributed by atoms with Gasteiger partial charge in [-0.1, -0.05) is 0 Å². The minimum absolute atomic E-state index is 0.0176. The zero-order chi connectivity index (χ0) is 14.0. The molecule has 1 aliphatic heterocycles. The van der Waals surface area contributed by atoms with Crippen molar-refractivity contribution in [3.8, 4) is 0 Å². The summed E-state index contributed by atoms with van der Waals surface area (Å²) in [5.74, 6) is -0.470. The number of carbonyl (C=O) groups is 1. The maximum absolute atomic E-state index is 11.0. The Bertz CT molecular complexity index is 518. The minimum Gasteiger partial charge on any atom is -0.481 e. The van der Waals surface area contributed by atoms with E-state index in [1.54, 1.807) is 18.0 Å². The number of aryl methyl sites for hydroxylation is 1. The molecule has 19 heavy (non-hydrogen) atoms. The largest absolute Gasteiger partial charge is 0.481 e. The van der Waals surface area contributed by atoms with Gasteiger partial charge in [0.05, 0.1) is 4.92 Å². The van der Waals surface area contributed by atoms with Crippen molar-refractivity contribution in [1.29, 1.82) is 0 Å². The third-order valence-electron chi connectivity index (χ3n) is 3.23. The summed E-state index contributed by atoms with van der Waals surface area (Å²) in [5.41, 5.74) is 0.715. The second-order valence-corrected chi connectivity index (χ2v) is 4.81. The predicted molar refractivity (Wildman–Crippen MR) is 68.2 cm³/mol. The number of nitrogens with zero attached hydrogens (tertiary/aromatic N) is 3. The topological polar surface area (TPSA) is 96.6 Å². The molecule has 0 aliphatic carbocycles. The zero-order valence-electron chi connectivity index (χ0n) is 10.6. The van der Waals surface area contributed by atoms with E-state index in [0.717, 1.165) is 12.0 Å². The highest BCUT2D eigenvalue weighted by molar-refractivity contribution is 5.67. The van der Waals surface area contributed by atoms with Crippen molar-refractivity contribution < 1.29 is 14.8 Å². The van der Waals surface area contributed by atoms with Crippen molar-refractivity contribution in [2.75, 3.05) is 18.0 Å². The average molecular weight is 265 g/mol. The second-order valence-electron chi connectivity index (χ2n) is 4.81. The quantitative estimate of drug-likeness (QED) is 0.656. The third kappa shape index (κ3) is 2.98. The van der Waals surface area contributed by atoms with Gasteiger partial charge in [0.15, 0.2) is 0 Å². The fourth-order valence-electron chi connectivity index (χ4n) is 2.36. The number of carboxylic acid groups (broad SMARTS) is 1. The average Bonchev–Trinajstić information content (AvgIpc) is 2.76. The molecule has 2 heterocycles. The van der Waals surface area contributed by atoms with E-state index >= 15 is 0 Å². The van der Waals surface area contributed by atoms with Crippen LogP contribution in [0.4, 0.5) is 11.5 Å². The van der Waals surface area contributed by atoms with Gasteiger partial charge in [-0.15, -0.1) is 0 Å². The van der Waals surface area contributed by atoms with Crippen LogP contribution in [0.15, 0.2) is 12.3 Å². The van der Waals surface area contributed by atoms with Gasteiger partial charge in [-0.05, 0) is 24.8 Å². The van der Waals surface area contributed by atoms with E-state index in [2.05, 4.69) is 4.98 Å². The summed E-state index contributed by atoms with van der Waals surface area (Å²) in [6.07, 6.45) is 2.40. The van der Waals surface area contributed by atoms with Crippen LogP contribution in [0, 0.1) is 23.0 Å². The summed E-state index contributed by atoms with van der Waals surface area (Å²) in [5, 5.41) is 19.8. The summed E-state index contributed by atoms with van der Waals surface area (Å²) >= 11 is 0. The molecule has 0 radical (unpaired) electrons. The van der Waals surface area contributed by atoms with E-state index in [9.17, 15) is 14.9 Å². The maximum atomic E-state index is 11.0. The molecule has 1 N–H and O–H groups in total. The van der Waals surface area contributed by atoms with E-state index in [0.29, 0.717) is 18.9 Å². The highest BCUT2D eigenvalue weighted by Gasteiger charge is 2.29. The lowest BCUT2D eigenvalue weighted by Crippen LogP contribution is -2.22. The molecule has 1 unspecified atom stereocenters. The first-order valence-electron chi connectivity index (χ1n) is 6.05. The van der Waals surface area contributed by atoms with Crippen LogP contribution < -0.4 is 4.90 Å². The molecule has 2 rings (SSSR count). The van der Waals surface area contributed by atoms with Crippen LogP contribution in [-0.4, -0.2) is 34.1 Å². The summed E-state index contributed by atoms with van der Waals surface area (Å²) in [6, 6.07) is 1.49. The number of aliphatic carboxylic acids is 1. The second kappa shape index (κ2) is 5.21. The molecule has 1 aliphatic rings. The number of anilines is 1. The van der Waals surface area contributed by atoms with Crippen LogP contribution >= 0.6 is 0 Å². The molecule has 102 valence electrons. The Labute approximate surface area is 110 Å². The first-order valence-corrected chi connectivity index (χ1v) is 6.05. The number of aromatic nitrogens is 1. The van der Waals surface area contributed by atoms with Gasteiger partial charge in [0.1, 0.15) is 0 Å². The van der Waals surface area contributed by atoms with E-state index in [1.807, 2.05) is 0 Å². The zero-order valence-corrected chi connectivity index (χ0v) is 10.6. The molecule has 1 saturated heterocycles. The van der Waals surface area contributed by atoms with Crippen LogP contribution in [0.3, 0.4) is 0 Å². The van der Waals surface area contributed by atoms with Crippen molar-refractivity contribution in [3.05, 3.63) is 27.9 Å². The van der Waals surface area contributed by atoms with Crippen molar-refractivity contribution in [2.45, 2.75) is 19.8 Å². The van der Waals surface area contributed by atoms with Gasteiger partial charge in [0, 0.05) is 31.8 Å². The molecule has 0 spiro atoms. The third-order valence-corrected chi connectivity index (χ3v) is 3.23. The highest BCUT2D eigenvalue weighted by atomic mass is 16.6. The van der Waals surface area contributed by atoms with E-state index in [-0.39, 0.29) is 18.0 Å². The standard InChI is InChI=1S/C12H15N3O4/c1-8-4-10(15(18)19)12(13-6-8)14-3-2-9(7-14)5-11(16)17/h4,6,9H,2-3,5,7H2,1H3,(H,16,17). The van der Waals surface area contributed by atoms with Gasteiger partial charge in [0.25, 0.3) is 0 Å². The first-order chi connectivity index (χ1) is 8.97. The van der Waals surface area contributed by atoms with Crippen LogP contribution in [0.5, 0.6) is 0 Å². The van der Waals surface area contributed by atoms with Gasteiger partial charge in [-0.2, -0.15) is 0 Å². The summed E-state index contributed by atoms with van der Waals surface area (Å²) in [7, 11) is 0. The Morgan fingerprint density at radius 2 is 2.42 bits per heavy atom. The monoisotopic (exact) mass is 265 g/mol. The van der Waals surface area contributed by atoms with Crippen LogP contribution in [0.1, 0.15) is 18.4 Å². The molecule has 1 atom stereocenters. The number of rotatable bonds is 4. The van der Waals surface area contributed by atoms with Gasteiger partial charge in [-0.25, -0.2) is 4.98 Å². The summed E-state index contributed by atoms with van der Waals surface area (Å²) in [6.45, 7) is 2.86. The van der Waals surface area contributed by atoms with Crippen molar-refractivity contribution in [2.24, 2.45) is 5.92 Å². The molecular formula is C12H15N3O4. The molecule has 0 saturated carbocycles. The van der Waals surface area contributed by atoms with Crippen molar-refractivity contribution >= 4 is 17.5 Å². The molecule has 1 aromatic rings. The van der Waals surface area contributed by atoms with E-state index in [1.165, 1.54) is 6.07 Å². The van der Waals surface area contributed by atoms with Gasteiger partial charge in [-0.3, -0.25) is 14.9 Å². The van der Waals surface area contributed by atoms with Gasteiger partial charge < -0.3 is 10.0 Å². The molecule has 0 amide bonds. The Morgan fingerprint density at radius 1 is 1.68 bits per heavy atom. The molecule has 7 heteroatoms. The first kappa shape index (κ1) is 13.3. The van der Waals surface area contributed by atoms with Crippen LogP contribution in [-0.2, 0) is 4.79 Å². The molecule has 7 nitrogen and oxygen atoms in total. The van der Waals surface area contributed by atoms with Crippen molar-refractivity contribution in [3.63, 3.8) is 0 Å². The normalized spacial score (nSPS) is 18.6. The van der Waals surface area contributed by atoms with E-state index < -0.39 is 10.9 Å². The number of nitro groups is 1. The lowest BCUT2D eigenvalue weighted by Gasteiger charge is -2.17. The number of hydrogen-bond donors (Lipinski definition) is 1. The fraction of sp³-hybridized carbons (Fsp3) is 0.500. The predicted octanol–water partition coefficient (Wildman–Crippen LogP) is 1.60. The Balaban J connectivity index is 2.19. The van der Waals surface area contributed by atoms with Crippen molar-refractivity contribution in [1.82, 2.24) is 4.98 Å². The van der Waals surface area contributed by atoms with Crippen LogP contribution in [0.25, 0.3) is 0 Å². The molecule has 1 fully saturated rings. The maximum Gasteiger partial charge on any atom is 0.311 e. The molecule has 0 bridgehead atoms. The molecule has 1 aromatic heterocycles. The number of hydrogen-bond acceptors (Lipinski definition) is 5. The molecular weight excluding hydrogens is 250 g/mol. The lowest BCUT2D eigenvalue weighted by atomic mass is 10.1. The Morgan fingerprint density at radius 3 is 3.05 bits per heavy atom. The lowest BCUT2D eigenvalue weighted by molar-refractivity contribution is -0.384. The Kier molecular flexibility index (Phi) is 3.64. The summed E-state index contributed by atoms with van der Waals surface area (Å²) in [4.78, 5) is 27.2. The van der Waals surface area contributed by atoms with Gasteiger partial charge >= 0.3 is 11.7 Å². The number of carboxylic acids is 1. The number of pyridine rings is 1.